The molecule has 2 unspecified atom stereocenters. The molecule has 0 fully saturated rings. The molecule has 30 heavy (non-hydrogen) atoms. The van der Waals surface area contributed by atoms with E-state index in [1.807, 2.05) is 94.7 Å². The average Bonchev–Trinajstić information content (AvgIpc) is 2.75. The van der Waals surface area contributed by atoms with Crippen LogP contribution in [0.4, 0.5) is 11.4 Å². The van der Waals surface area contributed by atoms with Crippen LogP contribution < -0.4 is 9.80 Å². The predicted octanol–water partition coefficient (Wildman–Crippen LogP) is 5.15. The van der Waals surface area contributed by atoms with Gasteiger partial charge in [-0.05, 0) is 42.7 Å². The minimum Gasteiger partial charge on any atom is -0.309 e. The first-order chi connectivity index (χ1) is 14.6. The van der Waals surface area contributed by atoms with Gasteiger partial charge in [0.05, 0.1) is 12.5 Å². The van der Waals surface area contributed by atoms with Gasteiger partial charge in [-0.1, -0.05) is 66.7 Å². The Balaban J connectivity index is 1.71. The van der Waals surface area contributed by atoms with E-state index in [2.05, 4.69) is 6.92 Å². The van der Waals surface area contributed by atoms with Gasteiger partial charge in [-0.3, -0.25) is 9.59 Å². The number of anilines is 2. The van der Waals surface area contributed by atoms with Crippen LogP contribution >= 0.6 is 0 Å². The summed E-state index contributed by atoms with van der Waals surface area (Å²) in [6.45, 7) is 3.67. The summed E-state index contributed by atoms with van der Waals surface area (Å²) < 4.78 is 0. The number of nitrogens with zero attached hydrogens (tertiary/aromatic N) is 2. The average molecular weight is 399 g/mol. The van der Waals surface area contributed by atoms with Gasteiger partial charge in [-0.15, -0.1) is 0 Å². The zero-order valence-electron chi connectivity index (χ0n) is 17.4. The third-order valence-electron chi connectivity index (χ3n) is 5.71. The Morgan fingerprint density at radius 2 is 1.50 bits per heavy atom. The molecular weight excluding hydrogens is 372 g/mol. The number of fused-ring (bicyclic) bond motifs is 1. The second-order valence-electron chi connectivity index (χ2n) is 7.81. The summed E-state index contributed by atoms with van der Waals surface area (Å²) >= 11 is 0. The van der Waals surface area contributed by atoms with Crippen LogP contribution in [0.2, 0.25) is 0 Å². The van der Waals surface area contributed by atoms with Gasteiger partial charge in [0.1, 0.15) is 0 Å². The Morgan fingerprint density at radius 3 is 2.17 bits per heavy atom. The maximum Gasteiger partial charge on any atom is 0.231 e. The van der Waals surface area contributed by atoms with Crippen molar-refractivity contribution >= 4 is 23.2 Å². The monoisotopic (exact) mass is 398 g/mol. The summed E-state index contributed by atoms with van der Waals surface area (Å²) in [6, 6.07) is 27.4. The van der Waals surface area contributed by atoms with Crippen molar-refractivity contribution in [3.63, 3.8) is 0 Å². The van der Waals surface area contributed by atoms with Crippen molar-refractivity contribution in [2.75, 3.05) is 9.80 Å². The third kappa shape index (κ3) is 3.86. The molecule has 4 nitrogen and oxygen atoms in total. The van der Waals surface area contributed by atoms with E-state index in [0.717, 1.165) is 22.5 Å². The first-order valence-corrected chi connectivity index (χ1v) is 10.4. The molecule has 2 atom stereocenters. The lowest BCUT2D eigenvalue weighted by molar-refractivity contribution is -0.118. The van der Waals surface area contributed by atoms with Crippen molar-refractivity contribution in [2.45, 2.75) is 38.8 Å². The zero-order valence-corrected chi connectivity index (χ0v) is 17.4. The second-order valence-corrected chi connectivity index (χ2v) is 7.81. The number of rotatable bonds is 4. The van der Waals surface area contributed by atoms with E-state index in [1.54, 1.807) is 6.92 Å². The molecule has 4 rings (SSSR count). The Morgan fingerprint density at radius 1 is 0.900 bits per heavy atom. The van der Waals surface area contributed by atoms with Crippen LogP contribution in [-0.4, -0.2) is 17.9 Å². The molecule has 0 spiro atoms. The van der Waals surface area contributed by atoms with Crippen molar-refractivity contribution in [1.29, 1.82) is 0 Å². The standard InChI is InChI=1S/C26H26N2O2/c1-19-17-25(28(20(2)29)22-13-7-4-8-14-22)23-15-9-10-16-24(23)27(19)26(30)18-21-11-5-3-6-12-21/h3-16,19,25H,17-18H2,1-2H3. The molecule has 3 aromatic carbocycles. The zero-order chi connectivity index (χ0) is 21.1. The molecule has 0 N–H and O–H groups in total. The Labute approximate surface area is 177 Å². The summed E-state index contributed by atoms with van der Waals surface area (Å²) in [5.74, 6) is 0.0750. The van der Waals surface area contributed by atoms with Gasteiger partial charge in [0.2, 0.25) is 11.8 Å². The molecule has 3 aromatic rings. The van der Waals surface area contributed by atoms with E-state index < -0.39 is 0 Å². The first-order valence-electron chi connectivity index (χ1n) is 10.4. The first kappa shape index (κ1) is 19.9. The lowest BCUT2D eigenvalue weighted by atomic mass is 9.89. The van der Waals surface area contributed by atoms with Crippen molar-refractivity contribution in [1.82, 2.24) is 0 Å². The molecular formula is C26H26N2O2. The predicted molar refractivity (Wildman–Crippen MR) is 120 cm³/mol. The van der Waals surface area contributed by atoms with Gasteiger partial charge in [-0.25, -0.2) is 0 Å². The Bertz CT molecular complexity index is 1030. The quantitative estimate of drug-likeness (QED) is 0.610. The van der Waals surface area contributed by atoms with Crippen LogP contribution in [0.15, 0.2) is 84.9 Å². The maximum absolute atomic E-state index is 13.3. The van der Waals surface area contributed by atoms with E-state index >= 15 is 0 Å². The molecule has 2 amide bonds. The van der Waals surface area contributed by atoms with Crippen LogP contribution in [0, 0.1) is 0 Å². The van der Waals surface area contributed by atoms with Crippen LogP contribution in [-0.2, 0) is 16.0 Å². The number of hydrogen-bond acceptors (Lipinski definition) is 2. The van der Waals surface area contributed by atoms with Crippen LogP contribution in [0.3, 0.4) is 0 Å². The molecule has 1 aliphatic rings. The fourth-order valence-electron chi connectivity index (χ4n) is 4.43. The van der Waals surface area contributed by atoms with Gasteiger partial charge >= 0.3 is 0 Å². The lowest BCUT2D eigenvalue weighted by Gasteiger charge is -2.43. The van der Waals surface area contributed by atoms with Crippen molar-refractivity contribution in [2.24, 2.45) is 0 Å². The van der Waals surface area contributed by atoms with Gasteiger partial charge in [0.25, 0.3) is 0 Å². The fraction of sp³-hybridized carbons (Fsp3) is 0.231. The molecule has 0 bridgehead atoms. The normalized spacial score (nSPS) is 17.9. The summed E-state index contributed by atoms with van der Waals surface area (Å²) in [6.07, 6.45) is 1.05. The molecule has 152 valence electrons. The molecule has 0 aliphatic carbocycles. The van der Waals surface area contributed by atoms with Crippen molar-refractivity contribution < 1.29 is 9.59 Å². The number of carbonyl (C=O) groups is 2. The molecule has 0 saturated heterocycles. The van der Waals surface area contributed by atoms with E-state index in [9.17, 15) is 9.59 Å². The summed E-state index contributed by atoms with van der Waals surface area (Å²) in [7, 11) is 0. The summed E-state index contributed by atoms with van der Waals surface area (Å²) in [5.41, 5.74) is 3.78. The van der Waals surface area contributed by atoms with E-state index in [-0.39, 0.29) is 23.9 Å². The van der Waals surface area contributed by atoms with E-state index in [1.165, 1.54) is 0 Å². The minimum atomic E-state index is -0.114. The van der Waals surface area contributed by atoms with Gasteiger partial charge in [0.15, 0.2) is 0 Å². The number of carbonyl (C=O) groups excluding carboxylic acids is 2. The molecule has 0 aromatic heterocycles. The highest BCUT2D eigenvalue weighted by Crippen LogP contribution is 2.42. The molecule has 1 heterocycles. The molecule has 0 saturated carbocycles. The van der Waals surface area contributed by atoms with Crippen molar-refractivity contribution in [3.8, 4) is 0 Å². The Kier molecular flexibility index (Phi) is 5.66. The number of para-hydroxylation sites is 2. The highest BCUT2D eigenvalue weighted by molar-refractivity contribution is 5.98. The van der Waals surface area contributed by atoms with Crippen LogP contribution in [0.25, 0.3) is 0 Å². The highest BCUT2D eigenvalue weighted by atomic mass is 16.2. The number of amides is 2. The van der Waals surface area contributed by atoms with Crippen LogP contribution in [0.5, 0.6) is 0 Å². The lowest BCUT2D eigenvalue weighted by Crippen LogP contribution is -2.48. The maximum atomic E-state index is 13.3. The summed E-state index contributed by atoms with van der Waals surface area (Å²) in [4.78, 5) is 29.7. The highest BCUT2D eigenvalue weighted by Gasteiger charge is 2.37. The number of benzene rings is 3. The summed E-state index contributed by atoms with van der Waals surface area (Å²) in [5, 5.41) is 0. The van der Waals surface area contributed by atoms with Gasteiger partial charge in [-0.2, -0.15) is 0 Å². The smallest absolute Gasteiger partial charge is 0.231 e. The second kappa shape index (κ2) is 8.54. The van der Waals surface area contributed by atoms with E-state index in [0.29, 0.717) is 12.8 Å². The molecule has 0 radical (unpaired) electrons. The van der Waals surface area contributed by atoms with Gasteiger partial charge in [0, 0.05) is 24.3 Å². The van der Waals surface area contributed by atoms with E-state index in [4.69, 9.17) is 0 Å². The van der Waals surface area contributed by atoms with Crippen LogP contribution in [0.1, 0.15) is 37.4 Å². The Hall–Kier alpha value is -3.40. The third-order valence-corrected chi connectivity index (χ3v) is 5.71. The molecule has 4 heteroatoms. The van der Waals surface area contributed by atoms with Crippen molar-refractivity contribution in [3.05, 3.63) is 96.1 Å². The molecule has 1 aliphatic heterocycles. The SMILES string of the molecule is CC(=O)N(c1ccccc1)C1CC(C)N(C(=O)Cc2ccccc2)c2ccccc21. The topological polar surface area (TPSA) is 40.6 Å². The van der Waals surface area contributed by atoms with Gasteiger partial charge < -0.3 is 9.80 Å². The fourth-order valence-corrected chi connectivity index (χ4v) is 4.43. The number of hydrogen-bond donors (Lipinski definition) is 0. The largest absolute Gasteiger partial charge is 0.309 e. The minimum absolute atomic E-state index is 0.00253.